The summed E-state index contributed by atoms with van der Waals surface area (Å²) in [5, 5.41) is 0. The van der Waals surface area contributed by atoms with Crippen LogP contribution in [0.15, 0.2) is 60.8 Å². The van der Waals surface area contributed by atoms with Gasteiger partial charge < -0.3 is 14.2 Å². The molecule has 0 aliphatic rings. The van der Waals surface area contributed by atoms with Crippen LogP contribution in [0.2, 0.25) is 0 Å². The predicted molar refractivity (Wildman–Crippen MR) is 288 cm³/mol. The Balaban J connectivity index is 4.41. The van der Waals surface area contributed by atoms with Crippen molar-refractivity contribution < 1.29 is 28.6 Å². The van der Waals surface area contributed by atoms with Crippen molar-refractivity contribution in [2.45, 2.75) is 297 Å². The summed E-state index contributed by atoms with van der Waals surface area (Å²) < 4.78 is 16.9. The molecule has 0 amide bonds. The minimum atomic E-state index is -0.788. The Hall–Kier alpha value is -2.89. The van der Waals surface area contributed by atoms with Crippen LogP contribution in [0.1, 0.15) is 290 Å². The monoisotopic (exact) mass is 937 g/mol. The summed E-state index contributed by atoms with van der Waals surface area (Å²) in [6.07, 6.45) is 69.2. The molecule has 0 rings (SSSR count). The molecule has 67 heavy (non-hydrogen) atoms. The third-order valence-corrected chi connectivity index (χ3v) is 12.5. The second kappa shape index (κ2) is 55.7. The summed E-state index contributed by atoms with van der Waals surface area (Å²) in [7, 11) is 0. The Morgan fingerprint density at radius 2 is 0.537 bits per heavy atom. The zero-order chi connectivity index (χ0) is 48.6. The Labute approximate surface area is 415 Å². The molecule has 0 N–H and O–H groups in total. The second-order valence-corrected chi connectivity index (χ2v) is 19.2. The van der Waals surface area contributed by atoms with Crippen molar-refractivity contribution in [1.82, 2.24) is 0 Å². The third kappa shape index (κ3) is 53.9. The predicted octanol–water partition coefficient (Wildman–Crippen LogP) is 19.2. The van der Waals surface area contributed by atoms with Gasteiger partial charge in [-0.15, -0.1) is 0 Å². The van der Waals surface area contributed by atoms with E-state index in [0.29, 0.717) is 19.3 Å². The highest BCUT2D eigenvalue weighted by atomic mass is 16.6. The fraction of sp³-hybridized carbons (Fsp3) is 0.787. The maximum absolute atomic E-state index is 12.8. The van der Waals surface area contributed by atoms with Gasteiger partial charge in [0, 0.05) is 19.3 Å². The van der Waals surface area contributed by atoms with E-state index in [1.165, 1.54) is 148 Å². The van der Waals surface area contributed by atoms with Crippen molar-refractivity contribution in [2.24, 2.45) is 0 Å². The number of esters is 3. The average Bonchev–Trinajstić information content (AvgIpc) is 3.33. The number of unbranched alkanes of at least 4 members (excludes halogenated alkanes) is 31. The molecule has 388 valence electrons. The van der Waals surface area contributed by atoms with Crippen LogP contribution in [0, 0.1) is 0 Å². The molecule has 0 aromatic heterocycles. The van der Waals surface area contributed by atoms with Gasteiger partial charge in [-0.3, -0.25) is 14.4 Å². The number of hydrogen-bond donors (Lipinski definition) is 0. The van der Waals surface area contributed by atoms with Crippen LogP contribution in [0.5, 0.6) is 0 Å². The van der Waals surface area contributed by atoms with E-state index in [4.69, 9.17) is 14.2 Å². The Morgan fingerprint density at radius 1 is 0.299 bits per heavy atom. The maximum atomic E-state index is 12.8. The van der Waals surface area contributed by atoms with E-state index >= 15 is 0 Å². The van der Waals surface area contributed by atoms with Gasteiger partial charge >= 0.3 is 17.9 Å². The molecule has 0 saturated carbocycles. The average molecular weight is 938 g/mol. The minimum absolute atomic E-state index is 0.0855. The van der Waals surface area contributed by atoms with Crippen molar-refractivity contribution in [3.63, 3.8) is 0 Å². The first-order chi connectivity index (χ1) is 33.0. The summed E-state index contributed by atoms with van der Waals surface area (Å²) >= 11 is 0. The number of carbonyl (C=O) groups excluding carboxylic acids is 3. The lowest BCUT2D eigenvalue weighted by molar-refractivity contribution is -0.167. The molecule has 0 radical (unpaired) electrons. The van der Waals surface area contributed by atoms with E-state index in [1.54, 1.807) is 0 Å². The second-order valence-electron chi connectivity index (χ2n) is 19.2. The largest absolute Gasteiger partial charge is 0.462 e. The number of hydrogen-bond acceptors (Lipinski definition) is 6. The van der Waals surface area contributed by atoms with Crippen LogP contribution < -0.4 is 0 Å². The van der Waals surface area contributed by atoms with E-state index < -0.39 is 6.10 Å². The Morgan fingerprint density at radius 3 is 0.881 bits per heavy atom. The summed E-state index contributed by atoms with van der Waals surface area (Å²) in [4.78, 5) is 38.1. The lowest BCUT2D eigenvalue weighted by atomic mass is 10.1. The highest BCUT2D eigenvalue weighted by Gasteiger charge is 2.19. The molecule has 0 fully saturated rings. The quantitative estimate of drug-likeness (QED) is 0.0262. The van der Waals surface area contributed by atoms with Gasteiger partial charge in [-0.2, -0.15) is 0 Å². The molecule has 0 saturated heterocycles. The molecule has 6 nitrogen and oxygen atoms in total. The maximum Gasteiger partial charge on any atom is 0.306 e. The first-order valence-corrected chi connectivity index (χ1v) is 28.8. The summed E-state index contributed by atoms with van der Waals surface area (Å²) in [5.74, 6) is -0.905. The molecule has 0 aliphatic carbocycles. The fourth-order valence-corrected chi connectivity index (χ4v) is 8.09. The van der Waals surface area contributed by atoms with Crippen LogP contribution in [-0.4, -0.2) is 37.2 Å². The SMILES string of the molecule is CCCCC/C=C\C/C=C\CCCCCCCC(=O)OCC(COC(=O)CCCCCCCCC/C=C\C/C=C\CCCCCC)OC(=O)CCCCCCC/C=C\CCCCCCCCC. The van der Waals surface area contributed by atoms with E-state index in [2.05, 4.69) is 81.5 Å². The van der Waals surface area contributed by atoms with E-state index in [1.807, 2.05) is 0 Å². The number of allylic oxidation sites excluding steroid dienone is 10. The molecule has 0 aliphatic heterocycles. The fourth-order valence-electron chi connectivity index (χ4n) is 8.09. The molecule has 0 bridgehead atoms. The number of ether oxygens (including phenoxy) is 3. The molecular weight excluding hydrogens is 829 g/mol. The lowest BCUT2D eigenvalue weighted by Gasteiger charge is -2.18. The first kappa shape index (κ1) is 64.1. The van der Waals surface area contributed by atoms with E-state index in [9.17, 15) is 14.4 Å². The summed E-state index contributed by atoms with van der Waals surface area (Å²) in [6.45, 7) is 6.59. The third-order valence-electron chi connectivity index (χ3n) is 12.5. The topological polar surface area (TPSA) is 78.9 Å². The van der Waals surface area contributed by atoms with Crippen LogP contribution in [0.3, 0.4) is 0 Å². The Kier molecular flexibility index (Phi) is 53.3. The molecule has 0 spiro atoms. The Bertz CT molecular complexity index is 1210. The van der Waals surface area contributed by atoms with Crippen molar-refractivity contribution in [1.29, 1.82) is 0 Å². The first-order valence-electron chi connectivity index (χ1n) is 28.8. The lowest BCUT2D eigenvalue weighted by Crippen LogP contribution is -2.30. The molecule has 1 atom stereocenters. The molecule has 1 unspecified atom stereocenters. The van der Waals surface area contributed by atoms with Gasteiger partial charge in [0.25, 0.3) is 0 Å². The minimum Gasteiger partial charge on any atom is -0.462 e. The number of carbonyl (C=O) groups is 3. The van der Waals surface area contributed by atoms with E-state index in [0.717, 1.165) is 103 Å². The number of rotatable bonds is 52. The summed E-state index contributed by atoms with van der Waals surface area (Å²) in [5.41, 5.74) is 0. The van der Waals surface area contributed by atoms with Crippen molar-refractivity contribution in [3.8, 4) is 0 Å². The molecular formula is C61H108O6. The molecule has 0 aromatic carbocycles. The zero-order valence-electron chi connectivity index (χ0n) is 44.4. The molecule has 0 heterocycles. The normalized spacial score (nSPS) is 12.5. The van der Waals surface area contributed by atoms with Gasteiger partial charge in [-0.25, -0.2) is 0 Å². The van der Waals surface area contributed by atoms with Crippen molar-refractivity contribution in [3.05, 3.63) is 60.8 Å². The van der Waals surface area contributed by atoms with Gasteiger partial charge in [-0.1, -0.05) is 223 Å². The van der Waals surface area contributed by atoms with Gasteiger partial charge in [0.1, 0.15) is 13.2 Å². The van der Waals surface area contributed by atoms with E-state index in [-0.39, 0.29) is 31.1 Å². The standard InChI is InChI=1S/C61H108O6/c1-4-7-10-13-16-19-22-25-28-30-31-34-36-39-42-45-48-51-54-60(63)66-57-58(56-65-59(62)53-50-47-44-41-38-35-32-27-24-21-18-15-12-9-6-3)67-61(64)55-52-49-46-43-40-37-33-29-26-23-20-17-14-11-8-5-2/h18-19,21-22,27-30,32-33,58H,4-17,20,23-26,31,34-57H2,1-3H3/b21-18-,22-19-,30-28-,32-27-,33-29-. The van der Waals surface area contributed by atoms with Gasteiger partial charge in [0.15, 0.2) is 6.10 Å². The highest BCUT2D eigenvalue weighted by Crippen LogP contribution is 2.15. The van der Waals surface area contributed by atoms with Crippen molar-refractivity contribution >= 4 is 17.9 Å². The molecule has 6 heteroatoms. The van der Waals surface area contributed by atoms with Gasteiger partial charge in [0.05, 0.1) is 0 Å². The molecule has 0 aromatic rings. The zero-order valence-corrected chi connectivity index (χ0v) is 44.4. The van der Waals surface area contributed by atoms with Crippen LogP contribution >= 0.6 is 0 Å². The summed E-state index contributed by atoms with van der Waals surface area (Å²) in [6, 6.07) is 0. The van der Waals surface area contributed by atoms with Gasteiger partial charge in [0.2, 0.25) is 0 Å². The van der Waals surface area contributed by atoms with Crippen molar-refractivity contribution in [2.75, 3.05) is 13.2 Å². The van der Waals surface area contributed by atoms with Gasteiger partial charge in [-0.05, 0) is 109 Å². The highest BCUT2D eigenvalue weighted by molar-refractivity contribution is 5.71. The van der Waals surface area contributed by atoms with Crippen LogP contribution in [0.4, 0.5) is 0 Å². The van der Waals surface area contributed by atoms with Crippen LogP contribution in [0.25, 0.3) is 0 Å². The smallest absolute Gasteiger partial charge is 0.306 e. The van der Waals surface area contributed by atoms with Crippen LogP contribution in [-0.2, 0) is 28.6 Å².